The maximum atomic E-state index is 14.2. The number of aromatic nitrogens is 4. The van der Waals surface area contributed by atoms with Crippen molar-refractivity contribution in [2.24, 2.45) is 0 Å². The van der Waals surface area contributed by atoms with Crippen LogP contribution in [0.4, 0.5) is 0 Å². The molecule has 4 aliphatic heterocycles. The highest BCUT2D eigenvalue weighted by atomic mass is 31.2. The van der Waals surface area contributed by atoms with Crippen LogP contribution in [0.25, 0.3) is 33.3 Å². The Morgan fingerprint density at radius 1 is 0.800 bits per heavy atom. The second kappa shape index (κ2) is 17.7. The van der Waals surface area contributed by atoms with Crippen molar-refractivity contribution < 1.29 is 19.6 Å². The molecule has 0 spiro atoms. The van der Waals surface area contributed by atoms with Gasteiger partial charge in [0, 0.05) is 47.3 Å². The van der Waals surface area contributed by atoms with Crippen molar-refractivity contribution in [1.82, 2.24) is 30.3 Å². The van der Waals surface area contributed by atoms with Gasteiger partial charge < -0.3 is 15.3 Å². The Morgan fingerprint density at radius 2 is 1.38 bits per heavy atom. The van der Waals surface area contributed by atoms with Crippen LogP contribution in [-0.2, 0) is 4.79 Å². The largest absolute Gasteiger partial charge is 0.361 e. The van der Waals surface area contributed by atoms with E-state index in [2.05, 4.69) is 134 Å². The first-order valence-electron chi connectivity index (χ1n) is 22.5. The number of amides is 3. The summed E-state index contributed by atoms with van der Waals surface area (Å²) in [5, 5.41) is 18.5. The van der Waals surface area contributed by atoms with Crippen molar-refractivity contribution in [2.45, 2.75) is 72.1 Å². The standard InChI is InChI=1S/C54H53N6O4P/c1-7-39-32(3)42-29-44-34(5)41(25-26-48(61)55-27-18-28-65(36-19-12-9-13-20-36,37-21-14-10-15-22-37)38-23-16-11-17-24-38)51(58-44)50-52-49(53(62)60(64)54(50)63)35(6)45(59-52)31-47-40(8-2)33(4)43(57-47)30-46(39)56-42/h7,9-17,19-24,29-31,34,41,64H,1,8,18,25-28H2,2-6H3,(H2-,55,56,57,58,59,61,62,63)/p+1/t34-,41-/m0/s1. The lowest BCUT2D eigenvalue weighted by Gasteiger charge is -2.27. The van der Waals surface area contributed by atoms with Gasteiger partial charge in [-0.05, 0) is 117 Å². The van der Waals surface area contributed by atoms with Gasteiger partial charge in [-0.2, -0.15) is 0 Å². The van der Waals surface area contributed by atoms with E-state index >= 15 is 0 Å². The molecular formula is C54H54N6O4P+. The number of hydrogen-bond acceptors (Lipinski definition) is 6. The van der Waals surface area contributed by atoms with Crippen LogP contribution >= 0.6 is 7.26 Å². The van der Waals surface area contributed by atoms with Gasteiger partial charge in [-0.1, -0.05) is 81.1 Å². The molecule has 328 valence electrons. The normalized spacial score (nSPS) is 16.6. The lowest BCUT2D eigenvalue weighted by atomic mass is 9.84. The van der Waals surface area contributed by atoms with Gasteiger partial charge in [0.2, 0.25) is 5.91 Å². The Morgan fingerprint density at radius 3 is 1.98 bits per heavy atom. The number of benzene rings is 3. The summed E-state index contributed by atoms with van der Waals surface area (Å²) in [6.07, 6.45) is 4.78. The third kappa shape index (κ3) is 7.54. The Kier molecular flexibility index (Phi) is 11.8. The van der Waals surface area contributed by atoms with Crippen LogP contribution in [-0.4, -0.2) is 60.6 Å². The summed E-state index contributed by atoms with van der Waals surface area (Å²) in [6.45, 7) is 14.7. The van der Waals surface area contributed by atoms with Gasteiger partial charge in [0.05, 0.1) is 45.6 Å². The summed E-state index contributed by atoms with van der Waals surface area (Å²) in [4.78, 5) is 59.0. The Hall–Kier alpha value is -6.74. The van der Waals surface area contributed by atoms with Gasteiger partial charge in [0.25, 0.3) is 11.8 Å². The number of hydroxylamine groups is 2. The van der Waals surface area contributed by atoms with Crippen LogP contribution < -0.4 is 21.2 Å². The molecule has 3 aromatic carbocycles. The molecule has 3 amide bonds. The first-order chi connectivity index (χ1) is 31.5. The summed E-state index contributed by atoms with van der Waals surface area (Å²) < 4.78 is 0. The van der Waals surface area contributed by atoms with E-state index in [9.17, 15) is 19.6 Å². The highest BCUT2D eigenvalue weighted by Crippen LogP contribution is 2.55. The fourth-order valence-electron chi connectivity index (χ4n) is 10.2. The monoisotopic (exact) mass is 881 g/mol. The molecule has 5 aromatic rings. The number of carbonyl (C=O) groups excluding carboxylic acids is 3. The Bertz CT molecular complexity index is 2930. The fraction of sp³-hybridized carbons (Fsp3) is 0.241. The van der Waals surface area contributed by atoms with E-state index in [0.717, 1.165) is 69.8 Å². The zero-order valence-electron chi connectivity index (χ0n) is 37.5. The molecule has 4 N–H and O–H groups in total. The number of aryl methyl sites for hydroxylation is 1. The van der Waals surface area contributed by atoms with Crippen LogP contribution in [0.5, 0.6) is 0 Å². The molecule has 8 bridgehead atoms. The Labute approximate surface area is 380 Å². The zero-order valence-corrected chi connectivity index (χ0v) is 38.4. The molecule has 10 nitrogen and oxygen atoms in total. The SMILES string of the molecule is C=CC1=C(C)c2cc3[nH]c(c4c5[nH]c(cc6nc(cc1n2)C(C)=C6CC)c(C)c5C(=O)N(O)C4=O)[C@@H](CCC(=O)NCCC[P+](c1ccccc1)(c1ccccc1)c1ccccc1)[C@@H]3C. The number of H-pyrrole nitrogens is 2. The third-order valence-electron chi connectivity index (χ3n) is 13.7. The zero-order chi connectivity index (χ0) is 45.6. The number of nitrogens with one attached hydrogen (secondary N) is 3. The van der Waals surface area contributed by atoms with E-state index in [1.165, 1.54) is 15.9 Å². The van der Waals surface area contributed by atoms with E-state index in [4.69, 9.17) is 9.97 Å². The first kappa shape index (κ1) is 43.5. The van der Waals surface area contributed by atoms with Crippen molar-refractivity contribution >= 4 is 74.2 Å². The molecule has 11 heteroatoms. The van der Waals surface area contributed by atoms with Gasteiger partial charge in [0.1, 0.15) is 23.2 Å². The van der Waals surface area contributed by atoms with Crippen LogP contribution in [0.3, 0.4) is 0 Å². The highest BCUT2D eigenvalue weighted by Gasteiger charge is 2.45. The number of nitrogens with zero attached hydrogens (tertiary/aromatic N) is 3. The summed E-state index contributed by atoms with van der Waals surface area (Å²) in [5.74, 6) is -2.27. The van der Waals surface area contributed by atoms with Crippen molar-refractivity contribution in [3.05, 3.63) is 173 Å². The molecule has 2 atom stereocenters. The predicted molar refractivity (Wildman–Crippen MR) is 263 cm³/mol. The molecule has 0 aliphatic carbocycles. The summed E-state index contributed by atoms with van der Waals surface area (Å²) >= 11 is 0. The number of imide groups is 1. The fourth-order valence-corrected chi connectivity index (χ4v) is 14.5. The minimum atomic E-state index is -2.06. The smallest absolute Gasteiger partial charge is 0.288 e. The molecule has 0 radical (unpaired) electrons. The molecule has 0 saturated carbocycles. The first-order valence-corrected chi connectivity index (χ1v) is 24.4. The lowest BCUT2D eigenvalue weighted by Crippen LogP contribution is -2.38. The number of carbonyl (C=O) groups is 3. The molecule has 9 rings (SSSR count). The summed E-state index contributed by atoms with van der Waals surface area (Å²) in [5.41, 5.74) is 10.3. The van der Waals surface area contributed by atoms with Crippen LogP contribution in [0, 0.1) is 6.92 Å². The van der Waals surface area contributed by atoms with Crippen molar-refractivity contribution in [3.63, 3.8) is 0 Å². The molecule has 6 heterocycles. The summed E-state index contributed by atoms with van der Waals surface area (Å²) in [6, 6.07) is 38.1. The maximum absolute atomic E-state index is 14.2. The van der Waals surface area contributed by atoms with Gasteiger partial charge in [-0.3, -0.25) is 19.6 Å². The number of hydrogen-bond donors (Lipinski definition) is 4. The predicted octanol–water partition coefficient (Wildman–Crippen LogP) is 9.96. The molecule has 65 heavy (non-hydrogen) atoms. The average molecular weight is 882 g/mol. The number of fused-ring (bicyclic) bond motifs is 8. The Balaban J connectivity index is 1.07. The van der Waals surface area contributed by atoms with E-state index in [1.54, 1.807) is 0 Å². The van der Waals surface area contributed by atoms with Crippen LogP contribution in [0.1, 0.15) is 126 Å². The van der Waals surface area contributed by atoms with Gasteiger partial charge in [0.15, 0.2) is 0 Å². The van der Waals surface area contributed by atoms with E-state index in [-0.39, 0.29) is 40.4 Å². The maximum Gasteiger partial charge on any atom is 0.288 e. The molecule has 0 unspecified atom stereocenters. The molecule has 0 saturated heterocycles. The minimum absolute atomic E-state index is 0.0876. The number of rotatable bonds is 12. The number of allylic oxidation sites excluding steroid dienone is 5. The van der Waals surface area contributed by atoms with E-state index in [1.807, 2.05) is 38.1 Å². The summed E-state index contributed by atoms with van der Waals surface area (Å²) in [7, 11) is -2.06. The average Bonchev–Trinajstić information content (AvgIpc) is 4.01. The van der Waals surface area contributed by atoms with E-state index in [0.29, 0.717) is 35.3 Å². The molecule has 4 aliphatic rings. The van der Waals surface area contributed by atoms with Crippen LogP contribution in [0.2, 0.25) is 0 Å². The van der Waals surface area contributed by atoms with E-state index < -0.39 is 19.1 Å². The van der Waals surface area contributed by atoms with Gasteiger partial charge in [-0.25, -0.2) is 9.97 Å². The van der Waals surface area contributed by atoms with Gasteiger partial charge in [-0.15, -0.1) is 5.06 Å². The van der Waals surface area contributed by atoms with Crippen molar-refractivity contribution in [1.29, 1.82) is 0 Å². The van der Waals surface area contributed by atoms with Crippen LogP contribution in [0.15, 0.2) is 122 Å². The third-order valence-corrected chi connectivity index (χ3v) is 18.3. The highest BCUT2D eigenvalue weighted by molar-refractivity contribution is 7.95. The lowest BCUT2D eigenvalue weighted by molar-refractivity contribution is -0.121. The molecular weight excluding hydrogens is 828 g/mol. The van der Waals surface area contributed by atoms with Crippen molar-refractivity contribution in [2.75, 3.05) is 12.7 Å². The quantitative estimate of drug-likeness (QED) is 0.0425. The van der Waals surface area contributed by atoms with Gasteiger partial charge >= 0.3 is 0 Å². The second-order valence-corrected chi connectivity index (χ2v) is 20.9. The molecule has 0 fully saturated rings. The second-order valence-electron chi connectivity index (χ2n) is 17.3. The minimum Gasteiger partial charge on any atom is -0.361 e. The van der Waals surface area contributed by atoms with Crippen molar-refractivity contribution in [3.8, 4) is 0 Å². The number of aromatic amines is 2. The molecule has 2 aromatic heterocycles. The topological polar surface area (TPSA) is 144 Å².